The van der Waals surface area contributed by atoms with Crippen molar-refractivity contribution in [3.8, 4) is 0 Å². The van der Waals surface area contributed by atoms with Gasteiger partial charge in [0.1, 0.15) is 0 Å². The van der Waals surface area contributed by atoms with Crippen LogP contribution in [0.4, 0.5) is 0 Å². The molecule has 2 rings (SSSR count). The van der Waals surface area contributed by atoms with Gasteiger partial charge in [-0.25, -0.2) is 0 Å². The largest absolute Gasteiger partial charge is 0.493 e. The van der Waals surface area contributed by atoms with Gasteiger partial charge in [-0.2, -0.15) is 0 Å². The summed E-state index contributed by atoms with van der Waals surface area (Å²) in [6.45, 7) is 1.84. The fraction of sp³-hybridized carbons (Fsp3) is 0.667. The van der Waals surface area contributed by atoms with Crippen LogP contribution in [0.3, 0.4) is 0 Å². The van der Waals surface area contributed by atoms with Crippen LogP contribution in [0.2, 0.25) is 0 Å². The zero-order valence-corrected chi connectivity index (χ0v) is 10.5. The third kappa shape index (κ3) is 1.49. The number of carbonyl (C=O) groups is 2. The fourth-order valence-corrected chi connectivity index (χ4v) is 2.80. The first-order valence-corrected chi connectivity index (χ1v) is 5.57. The van der Waals surface area contributed by atoms with Gasteiger partial charge in [0, 0.05) is 6.04 Å². The standard InChI is InChI=1S/C12H17NO4/c1-12-6-7(11(15)17-4)8(13(12)2)5-9(16-3)10(12)14/h5,7-8H,6H2,1-4H3/t7-,8+,12+/m1/s1. The quantitative estimate of drug-likeness (QED) is 0.651. The number of nitrogens with zero attached hydrogens (tertiary/aromatic N) is 1. The Balaban J connectivity index is 2.42. The van der Waals surface area contributed by atoms with Crippen molar-refractivity contribution in [2.75, 3.05) is 21.3 Å². The van der Waals surface area contributed by atoms with E-state index >= 15 is 0 Å². The summed E-state index contributed by atoms with van der Waals surface area (Å²) >= 11 is 0. The van der Waals surface area contributed by atoms with E-state index in [1.165, 1.54) is 14.2 Å². The Labute approximate surface area is 100 Å². The predicted molar refractivity (Wildman–Crippen MR) is 60.2 cm³/mol. The average Bonchev–Trinajstić information content (AvgIpc) is 2.51. The number of methoxy groups -OCH3 is 2. The van der Waals surface area contributed by atoms with Crippen LogP contribution in [0.15, 0.2) is 11.8 Å². The number of likely N-dealkylation sites (N-methyl/N-ethyl adjacent to an activating group) is 1. The second-order valence-electron chi connectivity index (χ2n) is 4.77. The van der Waals surface area contributed by atoms with E-state index in [0.29, 0.717) is 12.2 Å². The molecule has 0 spiro atoms. The van der Waals surface area contributed by atoms with Gasteiger partial charge in [0.15, 0.2) is 5.76 Å². The van der Waals surface area contributed by atoms with Crippen LogP contribution < -0.4 is 0 Å². The summed E-state index contributed by atoms with van der Waals surface area (Å²) in [5, 5.41) is 0. The highest BCUT2D eigenvalue weighted by Crippen LogP contribution is 2.43. The molecule has 5 heteroatoms. The number of ketones is 1. The molecule has 0 amide bonds. The number of Topliss-reactive ketones (excluding diaryl/α,β-unsaturated/α-hetero) is 1. The van der Waals surface area contributed by atoms with Crippen LogP contribution in [0.5, 0.6) is 0 Å². The van der Waals surface area contributed by atoms with Crippen molar-refractivity contribution in [3.63, 3.8) is 0 Å². The molecule has 0 aromatic carbocycles. The Morgan fingerprint density at radius 1 is 1.53 bits per heavy atom. The molecular weight excluding hydrogens is 222 g/mol. The smallest absolute Gasteiger partial charge is 0.310 e. The molecule has 1 saturated heterocycles. The summed E-state index contributed by atoms with van der Waals surface area (Å²) in [6, 6.07) is -0.125. The van der Waals surface area contributed by atoms with E-state index < -0.39 is 5.54 Å². The molecule has 0 unspecified atom stereocenters. The van der Waals surface area contributed by atoms with Crippen LogP contribution in [0.1, 0.15) is 13.3 Å². The summed E-state index contributed by atoms with van der Waals surface area (Å²) in [5.74, 6) is -0.286. The topological polar surface area (TPSA) is 55.8 Å². The molecule has 2 aliphatic heterocycles. The van der Waals surface area contributed by atoms with Gasteiger partial charge in [-0.3, -0.25) is 14.5 Å². The number of esters is 1. The van der Waals surface area contributed by atoms with Crippen molar-refractivity contribution >= 4 is 11.8 Å². The molecule has 0 aromatic rings. The molecule has 2 aliphatic rings. The van der Waals surface area contributed by atoms with Gasteiger partial charge in [-0.1, -0.05) is 0 Å². The molecule has 17 heavy (non-hydrogen) atoms. The Kier molecular flexibility index (Phi) is 2.73. The Hall–Kier alpha value is -1.36. The summed E-state index contributed by atoms with van der Waals surface area (Å²) in [4.78, 5) is 25.9. The number of hydrogen-bond acceptors (Lipinski definition) is 5. The van der Waals surface area contributed by atoms with Gasteiger partial charge in [-0.15, -0.1) is 0 Å². The number of hydrogen-bond donors (Lipinski definition) is 0. The lowest BCUT2D eigenvalue weighted by Crippen LogP contribution is -2.52. The maximum Gasteiger partial charge on any atom is 0.310 e. The van der Waals surface area contributed by atoms with Crippen LogP contribution in [-0.4, -0.2) is 49.5 Å². The molecule has 1 fully saturated rings. The third-order valence-corrected chi connectivity index (χ3v) is 4.01. The van der Waals surface area contributed by atoms with Gasteiger partial charge < -0.3 is 9.47 Å². The molecule has 0 N–H and O–H groups in total. The van der Waals surface area contributed by atoms with E-state index in [2.05, 4.69) is 0 Å². The fourth-order valence-electron chi connectivity index (χ4n) is 2.80. The monoisotopic (exact) mass is 239 g/mol. The maximum atomic E-state index is 12.2. The molecule has 94 valence electrons. The highest BCUT2D eigenvalue weighted by molar-refractivity contribution is 6.03. The third-order valence-electron chi connectivity index (χ3n) is 4.01. The minimum Gasteiger partial charge on any atom is -0.493 e. The SMILES string of the molecule is COC(=O)[C@@H]1C[C@@]2(C)C(=O)C(OC)=C[C@@H]1N2C. The lowest BCUT2D eigenvalue weighted by molar-refractivity contribution is -0.145. The van der Waals surface area contributed by atoms with Crippen molar-refractivity contribution in [2.24, 2.45) is 5.92 Å². The van der Waals surface area contributed by atoms with Gasteiger partial charge in [0.05, 0.1) is 25.7 Å². The van der Waals surface area contributed by atoms with E-state index in [0.717, 1.165) is 0 Å². The number of rotatable bonds is 2. The molecule has 5 nitrogen and oxygen atoms in total. The zero-order valence-electron chi connectivity index (χ0n) is 10.5. The lowest BCUT2D eigenvalue weighted by Gasteiger charge is -2.36. The molecule has 3 atom stereocenters. The Bertz CT molecular complexity index is 403. The second-order valence-corrected chi connectivity index (χ2v) is 4.77. The first-order valence-electron chi connectivity index (χ1n) is 5.57. The minimum atomic E-state index is -0.663. The van der Waals surface area contributed by atoms with Crippen molar-refractivity contribution in [1.29, 1.82) is 0 Å². The summed E-state index contributed by atoms with van der Waals surface area (Å²) in [7, 11) is 4.70. The first kappa shape index (κ1) is 12.1. The number of ether oxygens (including phenoxy) is 2. The molecule has 0 radical (unpaired) electrons. The van der Waals surface area contributed by atoms with Crippen molar-refractivity contribution in [1.82, 2.24) is 4.90 Å². The number of carbonyl (C=O) groups excluding carboxylic acids is 2. The second kappa shape index (κ2) is 3.84. The van der Waals surface area contributed by atoms with Crippen molar-refractivity contribution in [2.45, 2.75) is 24.9 Å². The molecule has 0 saturated carbocycles. The molecular formula is C12H17NO4. The highest BCUT2D eigenvalue weighted by Gasteiger charge is 2.57. The van der Waals surface area contributed by atoms with E-state index in [4.69, 9.17) is 9.47 Å². The van der Waals surface area contributed by atoms with Crippen LogP contribution >= 0.6 is 0 Å². The minimum absolute atomic E-state index is 0.0647. The molecule has 0 aromatic heterocycles. The summed E-state index contributed by atoms with van der Waals surface area (Å²) in [6.07, 6.45) is 2.20. The van der Waals surface area contributed by atoms with Crippen LogP contribution in [-0.2, 0) is 19.1 Å². The van der Waals surface area contributed by atoms with E-state index in [1.54, 1.807) is 6.08 Å². The van der Waals surface area contributed by atoms with Crippen LogP contribution in [0.25, 0.3) is 0 Å². The van der Waals surface area contributed by atoms with Crippen LogP contribution in [0, 0.1) is 5.92 Å². The normalized spacial score (nSPS) is 36.7. The Morgan fingerprint density at radius 3 is 2.71 bits per heavy atom. The van der Waals surface area contributed by atoms with E-state index in [1.807, 2.05) is 18.9 Å². The predicted octanol–water partition coefficient (Wildman–Crippen LogP) is 0.351. The highest BCUT2D eigenvalue weighted by atomic mass is 16.5. The molecule has 2 bridgehead atoms. The Morgan fingerprint density at radius 2 is 2.18 bits per heavy atom. The van der Waals surface area contributed by atoms with Gasteiger partial charge in [0.25, 0.3) is 0 Å². The van der Waals surface area contributed by atoms with Crippen molar-refractivity contribution in [3.05, 3.63) is 11.8 Å². The molecule has 2 heterocycles. The average molecular weight is 239 g/mol. The van der Waals surface area contributed by atoms with Crippen molar-refractivity contribution < 1.29 is 19.1 Å². The number of fused-ring (bicyclic) bond motifs is 2. The van der Waals surface area contributed by atoms with E-state index in [-0.39, 0.29) is 23.7 Å². The van der Waals surface area contributed by atoms with Gasteiger partial charge >= 0.3 is 5.97 Å². The lowest BCUT2D eigenvalue weighted by atomic mass is 9.90. The maximum absolute atomic E-state index is 12.2. The zero-order chi connectivity index (χ0) is 12.8. The first-order chi connectivity index (χ1) is 7.95. The van der Waals surface area contributed by atoms with Gasteiger partial charge in [-0.05, 0) is 26.5 Å². The summed E-state index contributed by atoms with van der Waals surface area (Å²) < 4.78 is 9.89. The van der Waals surface area contributed by atoms with Gasteiger partial charge in [0.2, 0.25) is 5.78 Å². The van der Waals surface area contributed by atoms with E-state index in [9.17, 15) is 9.59 Å². The summed E-state index contributed by atoms with van der Waals surface area (Å²) in [5.41, 5.74) is -0.663. The molecule has 0 aliphatic carbocycles.